The summed E-state index contributed by atoms with van der Waals surface area (Å²) in [5.41, 5.74) is 8.38. The Morgan fingerprint density at radius 2 is 1.85 bits per heavy atom. The van der Waals surface area contributed by atoms with Crippen molar-refractivity contribution in [3.63, 3.8) is 0 Å². The number of hydrogen-bond acceptors (Lipinski definition) is 5. The minimum atomic E-state index is -0.782. The third-order valence-electron chi connectivity index (χ3n) is 3.92. The molecule has 0 atom stereocenters. The Morgan fingerprint density at radius 1 is 1.15 bits per heavy atom. The molecule has 3 rings (SSSR count). The number of benzene rings is 1. The number of carbonyl (C=O) groups excluding carboxylic acids is 1. The van der Waals surface area contributed by atoms with Gasteiger partial charge in [0.2, 0.25) is 0 Å². The van der Waals surface area contributed by atoms with E-state index in [0.29, 0.717) is 17.0 Å². The summed E-state index contributed by atoms with van der Waals surface area (Å²) in [5, 5.41) is 10.1. The summed E-state index contributed by atoms with van der Waals surface area (Å²) in [4.78, 5) is 20.1. The SMILES string of the molecule is COc1c(-c2ccc(C#Cc3cccnc3)cc2)nc(C)c(O)c1C(N)=O. The van der Waals surface area contributed by atoms with Gasteiger partial charge >= 0.3 is 0 Å². The number of aromatic nitrogens is 2. The van der Waals surface area contributed by atoms with Crippen molar-refractivity contribution in [3.8, 4) is 34.6 Å². The van der Waals surface area contributed by atoms with Gasteiger partial charge in [0.25, 0.3) is 5.91 Å². The molecule has 2 heterocycles. The van der Waals surface area contributed by atoms with Gasteiger partial charge in [-0.1, -0.05) is 24.0 Å². The van der Waals surface area contributed by atoms with Crippen LogP contribution >= 0.6 is 0 Å². The molecule has 1 aromatic carbocycles. The molecule has 0 fully saturated rings. The number of amides is 1. The molecule has 3 N–H and O–H groups in total. The van der Waals surface area contributed by atoms with Gasteiger partial charge in [0, 0.05) is 29.1 Å². The van der Waals surface area contributed by atoms with E-state index in [4.69, 9.17) is 10.5 Å². The normalized spacial score (nSPS) is 10.0. The minimum Gasteiger partial charge on any atom is -0.505 e. The van der Waals surface area contributed by atoms with Crippen LogP contribution in [0, 0.1) is 18.8 Å². The van der Waals surface area contributed by atoms with E-state index in [1.54, 1.807) is 19.3 Å². The third kappa shape index (κ3) is 3.72. The summed E-state index contributed by atoms with van der Waals surface area (Å²) >= 11 is 0. The zero-order valence-electron chi connectivity index (χ0n) is 14.9. The van der Waals surface area contributed by atoms with Crippen molar-refractivity contribution in [2.45, 2.75) is 6.92 Å². The number of pyridine rings is 2. The second kappa shape index (κ2) is 7.58. The molecule has 1 amide bonds. The Balaban J connectivity index is 2.01. The largest absolute Gasteiger partial charge is 0.505 e. The molecule has 134 valence electrons. The lowest BCUT2D eigenvalue weighted by Gasteiger charge is -2.14. The predicted molar refractivity (Wildman–Crippen MR) is 101 cm³/mol. The lowest BCUT2D eigenvalue weighted by atomic mass is 10.0. The van der Waals surface area contributed by atoms with Crippen molar-refractivity contribution < 1.29 is 14.6 Å². The van der Waals surface area contributed by atoms with Gasteiger partial charge in [-0.15, -0.1) is 0 Å². The van der Waals surface area contributed by atoms with Crippen LogP contribution in [0.5, 0.6) is 11.5 Å². The molecular weight excluding hydrogens is 342 g/mol. The van der Waals surface area contributed by atoms with Gasteiger partial charge in [0.1, 0.15) is 11.3 Å². The lowest BCUT2D eigenvalue weighted by Crippen LogP contribution is -2.14. The molecule has 0 unspecified atom stereocenters. The number of aryl methyl sites for hydroxylation is 1. The molecule has 0 aliphatic rings. The van der Waals surface area contributed by atoms with Crippen molar-refractivity contribution in [1.29, 1.82) is 0 Å². The molecule has 6 nitrogen and oxygen atoms in total. The lowest BCUT2D eigenvalue weighted by molar-refractivity contribution is 0.0994. The maximum absolute atomic E-state index is 11.7. The molecular formula is C21H17N3O3. The van der Waals surface area contributed by atoms with Crippen LogP contribution in [0.1, 0.15) is 27.2 Å². The monoisotopic (exact) mass is 359 g/mol. The van der Waals surface area contributed by atoms with Gasteiger partial charge in [-0.25, -0.2) is 4.98 Å². The zero-order valence-corrected chi connectivity index (χ0v) is 14.9. The van der Waals surface area contributed by atoms with E-state index < -0.39 is 5.91 Å². The van der Waals surface area contributed by atoms with Crippen molar-refractivity contribution >= 4 is 5.91 Å². The van der Waals surface area contributed by atoms with E-state index in [0.717, 1.165) is 11.1 Å². The molecule has 2 aromatic heterocycles. The number of nitrogens with zero attached hydrogens (tertiary/aromatic N) is 2. The Hall–Kier alpha value is -3.85. The van der Waals surface area contributed by atoms with Gasteiger partial charge in [-0.2, -0.15) is 0 Å². The number of ether oxygens (including phenoxy) is 1. The van der Waals surface area contributed by atoms with E-state index in [9.17, 15) is 9.90 Å². The number of hydrogen-bond donors (Lipinski definition) is 2. The van der Waals surface area contributed by atoms with Gasteiger partial charge < -0.3 is 15.6 Å². The summed E-state index contributed by atoms with van der Waals surface area (Å²) < 4.78 is 5.31. The van der Waals surface area contributed by atoms with Crippen LogP contribution in [0.2, 0.25) is 0 Å². The molecule has 0 radical (unpaired) electrons. The standard InChI is InChI=1S/C21H17N3O3/c1-13-19(25)17(21(22)26)20(27-2)18(24-13)16-9-7-14(8-10-16)5-6-15-4-3-11-23-12-15/h3-4,7-12,25H,1-2H3,(H2,22,26). The number of rotatable bonds is 3. The van der Waals surface area contributed by atoms with Crippen LogP contribution in [0.15, 0.2) is 48.8 Å². The number of aromatic hydroxyl groups is 1. The first-order valence-electron chi connectivity index (χ1n) is 8.11. The fraction of sp³-hybridized carbons (Fsp3) is 0.0952. The first-order chi connectivity index (χ1) is 13.0. The third-order valence-corrected chi connectivity index (χ3v) is 3.92. The zero-order chi connectivity index (χ0) is 19.4. The van der Waals surface area contributed by atoms with Crippen LogP contribution in [0.4, 0.5) is 0 Å². The highest BCUT2D eigenvalue weighted by Gasteiger charge is 2.23. The van der Waals surface area contributed by atoms with Crippen molar-refractivity contribution in [3.05, 3.63) is 71.2 Å². The summed E-state index contributed by atoms with van der Waals surface area (Å²) in [7, 11) is 1.40. The van der Waals surface area contributed by atoms with Gasteiger partial charge in [0.05, 0.1) is 12.8 Å². The molecule has 0 bridgehead atoms. The molecule has 6 heteroatoms. The highest BCUT2D eigenvalue weighted by atomic mass is 16.5. The maximum Gasteiger partial charge on any atom is 0.256 e. The number of primary amides is 1. The quantitative estimate of drug-likeness (QED) is 0.701. The smallest absolute Gasteiger partial charge is 0.256 e. The fourth-order valence-corrected chi connectivity index (χ4v) is 2.59. The van der Waals surface area contributed by atoms with E-state index in [1.165, 1.54) is 7.11 Å². The van der Waals surface area contributed by atoms with E-state index in [2.05, 4.69) is 21.8 Å². The van der Waals surface area contributed by atoms with E-state index in [-0.39, 0.29) is 17.1 Å². The second-order valence-electron chi connectivity index (χ2n) is 5.74. The summed E-state index contributed by atoms with van der Waals surface area (Å²) in [6.45, 7) is 1.60. The summed E-state index contributed by atoms with van der Waals surface area (Å²) in [6, 6.07) is 11.0. The molecule has 0 aliphatic heterocycles. The first-order valence-corrected chi connectivity index (χ1v) is 8.11. The van der Waals surface area contributed by atoms with Crippen LogP contribution in [0.3, 0.4) is 0 Å². The van der Waals surface area contributed by atoms with Crippen molar-refractivity contribution in [1.82, 2.24) is 9.97 Å². The van der Waals surface area contributed by atoms with Crippen LogP contribution in [-0.4, -0.2) is 28.1 Å². The second-order valence-corrected chi connectivity index (χ2v) is 5.74. The fourth-order valence-electron chi connectivity index (χ4n) is 2.59. The molecule has 0 saturated heterocycles. The minimum absolute atomic E-state index is 0.0829. The van der Waals surface area contributed by atoms with Crippen LogP contribution in [0.25, 0.3) is 11.3 Å². The van der Waals surface area contributed by atoms with E-state index >= 15 is 0 Å². The predicted octanol–water partition coefficient (Wildman–Crippen LogP) is 2.66. The first kappa shape index (κ1) is 18.0. The molecule has 0 spiro atoms. The highest BCUT2D eigenvalue weighted by molar-refractivity contribution is 6.00. The Kier molecular flexibility index (Phi) is 5.04. The Labute approximate surface area is 156 Å². The number of carbonyl (C=O) groups is 1. The van der Waals surface area contributed by atoms with Crippen molar-refractivity contribution in [2.24, 2.45) is 5.73 Å². The average Bonchev–Trinajstić information content (AvgIpc) is 2.69. The summed E-state index contributed by atoms with van der Waals surface area (Å²) in [5.74, 6) is 5.18. The van der Waals surface area contributed by atoms with Crippen LogP contribution < -0.4 is 10.5 Å². The molecule has 27 heavy (non-hydrogen) atoms. The molecule has 0 saturated carbocycles. The van der Waals surface area contributed by atoms with Crippen molar-refractivity contribution in [2.75, 3.05) is 7.11 Å². The van der Waals surface area contributed by atoms with Gasteiger partial charge in [-0.3, -0.25) is 9.78 Å². The Bertz CT molecular complexity index is 1050. The van der Waals surface area contributed by atoms with Gasteiger partial charge in [0.15, 0.2) is 11.5 Å². The topological polar surface area (TPSA) is 98.3 Å². The number of methoxy groups -OCH3 is 1. The Morgan fingerprint density at radius 3 is 2.44 bits per heavy atom. The maximum atomic E-state index is 11.7. The summed E-state index contributed by atoms with van der Waals surface area (Å²) in [6.07, 6.45) is 3.39. The number of nitrogens with two attached hydrogens (primary N) is 1. The average molecular weight is 359 g/mol. The van der Waals surface area contributed by atoms with E-state index in [1.807, 2.05) is 36.4 Å². The highest BCUT2D eigenvalue weighted by Crippen LogP contribution is 2.37. The molecule has 0 aliphatic carbocycles. The van der Waals surface area contributed by atoms with Crippen LogP contribution in [-0.2, 0) is 0 Å². The van der Waals surface area contributed by atoms with Gasteiger partial charge in [-0.05, 0) is 31.2 Å². The molecule has 3 aromatic rings.